The third-order valence-corrected chi connectivity index (χ3v) is 12.8. The van der Waals surface area contributed by atoms with Gasteiger partial charge in [-0.1, -0.05) is 37.3 Å². The molecule has 2 aliphatic heterocycles. The standard InChI is InChI=1S/C42H52F2N6O5S/c1-5-30-32(43)12-11-28-22-29(52)23-31(34(28)30)37-36(44)38-35(40(45-37)53-4)39(49(26-51)20-21-54-6-2)47-41(46-38)55-25-42-15-8-10-33(42)48(17-9-16-42)24-27-13-18-50(19-14-27)56-7-3/h1,11-12,22-23,27,33,51-52H,6-10,13-21,24-26H2,2-4H3. The van der Waals surface area contributed by atoms with Crippen LogP contribution in [0.5, 0.6) is 17.6 Å². The van der Waals surface area contributed by atoms with Gasteiger partial charge in [-0.05, 0) is 81.5 Å². The Labute approximate surface area is 331 Å². The quantitative estimate of drug-likeness (QED) is 0.0559. The molecular weight excluding hydrogens is 739 g/mol. The zero-order chi connectivity index (χ0) is 39.4. The van der Waals surface area contributed by atoms with Crippen LogP contribution in [0.25, 0.3) is 32.9 Å². The van der Waals surface area contributed by atoms with Crippen molar-refractivity contribution in [3.63, 3.8) is 0 Å². The Balaban J connectivity index is 1.28. The number of hydrogen-bond donors (Lipinski definition) is 2. The lowest BCUT2D eigenvalue weighted by atomic mass is 9.75. The summed E-state index contributed by atoms with van der Waals surface area (Å²) in [5, 5.41) is 22.0. The van der Waals surface area contributed by atoms with E-state index in [0.29, 0.717) is 30.6 Å². The van der Waals surface area contributed by atoms with Gasteiger partial charge in [-0.25, -0.2) is 13.8 Å². The summed E-state index contributed by atoms with van der Waals surface area (Å²) in [6.45, 7) is 9.37. The summed E-state index contributed by atoms with van der Waals surface area (Å²) < 4.78 is 52.7. The number of halogens is 2. The van der Waals surface area contributed by atoms with E-state index in [1.165, 1.54) is 49.1 Å². The highest BCUT2D eigenvalue weighted by Gasteiger charge is 2.49. The van der Waals surface area contributed by atoms with Crippen molar-refractivity contribution >= 4 is 39.4 Å². The lowest BCUT2D eigenvalue weighted by Gasteiger charge is -2.47. The number of methoxy groups -OCH3 is 1. The Kier molecular flexibility index (Phi) is 12.7. The first kappa shape index (κ1) is 40.2. The number of anilines is 1. The number of terminal acetylenes is 1. The van der Waals surface area contributed by atoms with Crippen LogP contribution in [0.4, 0.5) is 14.6 Å². The SMILES string of the molecule is C#Cc1c(F)ccc2cc(O)cc(-c3nc(OC)c4c(N(CO)CCOCC)nc(OCC56CCCC5N(CC5CCN(SCC)CC5)CCC6)nc4c3F)c12. The fourth-order valence-electron chi connectivity index (χ4n) is 9.21. The lowest BCUT2D eigenvalue weighted by molar-refractivity contribution is -0.0105. The van der Waals surface area contributed by atoms with Crippen molar-refractivity contribution in [2.24, 2.45) is 11.3 Å². The molecule has 2 aromatic carbocycles. The molecule has 0 radical (unpaired) electrons. The summed E-state index contributed by atoms with van der Waals surface area (Å²) in [5.74, 6) is 2.55. The van der Waals surface area contributed by atoms with Crippen LogP contribution in [0.15, 0.2) is 24.3 Å². The number of phenolic OH excluding ortho intramolecular Hbond substituents is 1. The van der Waals surface area contributed by atoms with Crippen molar-refractivity contribution in [3.8, 4) is 41.2 Å². The minimum atomic E-state index is -0.875. The van der Waals surface area contributed by atoms with E-state index in [2.05, 4.69) is 32.0 Å². The highest BCUT2D eigenvalue weighted by molar-refractivity contribution is 7.96. The molecule has 300 valence electrons. The second-order valence-corrected chi connectivity index (χ2v) is 16.4. The van der Waals surface area contributed by atoms with Gasteiger partial charge >= 0.3 is 6.01 Å². The zero-order valence-corrected chi connectivity index (χ0v) is 33.3. The van der Waals surface area contributed by atoms with Crippen LogP contribution in [0.3, 0.4) is 0 Å². The number of aromatic hydroxyl groups is 1. The van der Waals surface area contributed by atoms with Crippen LogP contribution in [-0.4, -0.2) is 113 Å². The van der Waals surface area contributed by atoms with Crippen LogP contribution in [0, 0.1) is 35.3 Å². The largest absolute Gasteiger partial charge is 0.508 e. The van der Waals surface area contributed by atoms with E-state index in [1.807, 2.05) is 18.9 Å². The van der Waals surface area contributed by atoms with Crippen LogP contribution < -0.4 is 14.4 Å². The van der Waals surface area contributed by atoms with E-state index in [4.69, 9.17) is 25.6 Å². The van der Waals surface area contributed by atoms with E-state index < -0.39 is 18.4 Å². The van der Waals surface area contributed by atoms with Gasteiger partial charge in [0, 0.05) is 60.9 Å². The fraction of sp³-hybridized carbons (Fsp3) is 0.548. The molecule has 2 aromatic heterocycles. The maximum Gasteiger partial charge on any atom is 0.319 e. The van der Waals surface area contributed by atoms with E-state index in [9.17, 15) is 10.2 Å². The molecule has 11 nitrogen and oxygen atoms in total. The van der Waals surface area contributed by atoms with Crippen LogP contribution in [-0.2, 0) is 4.74 Å². The van der Waals surface area contributed by atoms with Crippen molar-refractivity contribution in [1.82, 2.24) is 24.2 Å². The molecule has 56 heavy (non-hydrogen) atoms. The number of aliphatic hydroxyl groups is 1. The fourth-order valence-corrected chi connectivity index (χ4v) is 10.0. The number of pyridine rings is 1. The topological polar surface area (TPSA) is 117 Å². The Morgan fingerprint density at radius 1 is 1.05 bits per heavy atom. The number of phenols is 1. The predicted molar refractivity (Wildman–Crippen MR) is 216 cm³/mol. The maximum absolute atomic E-state index is 17.2. The average Bonchev–Trinajstić information content (AvgIpc) is 3.65. The number of benzene rings is 2. The van der Waals surface area contributed by atoms with Gasteiger partial charge in [-0.2, -0.15) is 9.97 Å². The van der Waals surface area contributed by atoms with Gasteiger partial charge < -0.3 is 29.3 Å². The molecule has 7 rings (SSSR count). The summed E-state index contributed by atoms with van der Waals surface area (Å²) in [4.78, 5) is 18.3. The van der Waals surface area contributed by atoms with Crippen LogP contribution in [0.1, 0.15) is 64.4 Å². The number of hydrogen-bond acceptors (Lipinski definition) is 12. The molecule has 2 N–H and O–H groups in total. The number of ether oxygens (including phenoxy) is 3. The molecule has 14 heteroatoms. The molecule has 0 spiro atoms. The second kappa shape index (κ2) is 17.6. The molecule has 3 aliphatic rings. The molecule has 4 heterocycles. The number of rotatable bonds is 15. The van der Waals surface area contributed by atoms with Crippen molar-refractivity contribution in [2.45, 2.75) is 64.8 Å². The molecule has 2 saturated heterocycles. The molecule has 2 unspecified atom stereocenters. The molecule has 0 amide bonds. The Bertz CT molecular complexity index is 2080. The first-order valence-electron chi connectivity index (χ1n) is 19.8. The molecular formula is C42H52F2N6O5S. The van der Waals surface area contributed by atoms with Crippen molar-refractivity contribution in [3.05, 3.63) is 41.5 Å². The Morgan fingerprint density at radius 3 is 2.59 bits per heavy atom. The predicted octanol–water partition coefficient (Wildman–Crippen LogP) is 7.01. The van der Waals surface area contributed by atoms with Crippen molar-refractivity contribution < 1.29 is 33.2 Å². The van der Waals surface area contributed by atoms with Gasteiger partial charge in [0.1, 0.15) is 34.9 Å². The van der Waals surface area contributed by atoms with E-state index >= 15 is 8.78 Å². The smallest absolute Gasteiger partial charge is 0.319 e. The van der Waals surface area contributed by atoms with Gasteiger partial charge in [0.05, 0.1) is 25.9 Å². The van der Waals surface area contributed by atoms with E-state index in [1.54, 1.807) is 0 Å². The summed E-state index contributed by atoms with van der Waals surface area (Å²) in [7, 11) is 1.38. The molecule has 2 atom stereocenters. The Hall–Kier alpha value is -4.00. The van der Waals surface area contributed by atoms with Crippen molar-refractivity contribution in [1.29, 1.82) is 0 Å². The monoisotopic (exact) mass is 790 g/mol. The summed E-state index contributed by atoms with van der Waals surface area (Å²) in [5.41, 5.74) is -0.561. The number of fused-ring (bicyclic) bond motifs is 3. The summed E-state index contributed by atoms with van der Waals surface area (Å²) >= 11 is 1.94. The first-order valence-corrected chi connectivity index (χ1v) is 20.7. The minimum absolute atomic E-state index is 0.0422. The maximum atomic E-state index is 17.2. The van der Waals surface area contributed by atoms with Crippen LogP contribution >= 0.6 is 11.9 Å². The number of likely N-dealkylation sites (tertiary alicyclic amines) is 1. The molecule has 4 aromatic rings. The van der Waals surface area contributed by atoms with Gasteiger partial charge in [0.25, 0.3) is 0 Å². The number of nitrogens with zero attached hydrogens (tertiary/aromatic N) is 6. The van der Waals surface area contributed by atoms with E-state index in [0.717, 1.165) is 64.0 Å². The summed E-state index contributed by atoms with van der Waals surface area (Å²) in [6, 6.07) is 5.72. The Morgan fingerprint density at radius 2 is 1.86 bits per heavy atom. The number of aliphatic hydroxyl groups excluding tert-OH is 1. The van der Waals surface area contributed by atoms with Gasteiger partial charge in [-0.3, -0.25) is 9.21 Å². The first-order chi connectivity index (χ1) is 27.2. The van der Waals surface area contributed by atoms with Gasteiger partial charge in [0.2, 0.25) is 5.88 Å². The summed E-state index contributed by atoms with van der Waals surface area (Å²) in [6.07, 6.45) is 13.5. The normalized spacial score (nSPS) is 20.7. The molecule has 0 bridgehead atoms. The lowest BCUT2D eigenvalue weighted by Crippen LogP contribution is -2.53. The van der Waals surface area contributed by atoms with Gasteiger partial charge in [0.15, 0.2) is 11.6 Å². The number of aromatic nitrogens is 3. The minimum Gasteiger partial charge on any atom is -0.508 e. The van der Waals surface area contributed by atoms with Crippen molar-refractivity contribution in [2.75, 3.05) is 77.0 Å². The van der Waals surface area contributed by atoms with Crippen LogP contribution in [0.2, 0.25) is 0 Å². The zero-order valence-electron chi connectivity index (χ0n) is 32.5. The highest BCUT2D eigenvalue weighted by atomic mass is 32.2. The van der Waals surface area contributed by atoms with Gasteiger partial charge in [-0.15, -0.1) is 6.42 Å². The average molecular weight is 791 g/mol. The second-order valence-electron chi connectivity index (χ2n) is 15.0. The third-order valence-electron chi connectivity index (χ3n) is 11.8. The number of piperidine rings is 2. The molecule has 1 saturated carbocycles. The highest BCUT2D eigenvalue weighted by Crippen LogP contribution is 2.49. The molecule has 3 fully saturated rings. The van der Waals surface area contributed by atoms with E-state index in [-0.39, 0.29) is 75.1 Å². The molecule has 1 aliphatic carbocycles. The third kappa shape index (κ3) is 7.94.